The molecule has 1 rings (SSSR count). The Morgan fingerprint density at radius 3 is 2.80 bits per heavy atom. The van der Waals surface area contributed by atoms with Crippen LogP contribution >= 0.6 is 11.5 Å². The zero-order valence-electron chi connectivity index (χ0n) is 9.83. The maximum Gasteiger partial charge on any atom is 0.202 e. The third-order valence-corrected chi connectivity index (χ3v) is 3.00. The second-order valence-electron chi connectivity index (χ2n) is 4.12. The van der Waals surface area contributed by atoms with Crippen molar-refractivity contribution >= 4 is 16.7 Å². The number of rotatable bonds is 6. The maximum absolute atomic E-state index is 4.98. The lowest BCUT2D eigenvalue weighted by Gasteiger charge is -2.23. The smallest absolute Gasteiger partial charge is 0.202 e. The van der Waals surface area contributed by atoms with Crippen molar-refractivity contribution in [1.82, 2.24) is 9.36 Å². The van der Waals surface area contributed by atoms with E-state index in [4.69, 9.17) is 4.74 Å². The van der Waals surface area contributed by atoms with Crippen LogP contribution in [-0.4, -0.2) is 28.6 Å². The van der Waals surface area contributed by atoms with Gasteiger partial charge in [0, 0.05) is 30.6 Å². The summed E-state index contributed by atoms with van der Waals surface area (Å²) in [5.74, 6) is 0.858. The molecule has 0 amide bonds. The van der Waals surface area contributed by atoms with Crippen LogP contribution in [0.5, 0.6) is 0 Å². The molecule has 0 aromatic carbocycles. The van der Waals surface area contributed by atoms with E-state index in [-0.39, 0.29) is 5.54 Å². The third-order valence-electron chi connectivity index (χ3n) is 2.33. The zero-order valence-corrected chi connectivity index (χ0v) is 10.6. The monoisotopic (exact) mass is 229 g/mol. The molecule has 4 nitrogen and oxygen atoms in total. The van der Waals surface area contributed by atoms with Gasteiger partial charge in [-0.1, -0.05) is 6.92 Å². The van der Waals surface area contributed by atoms with Gasteiger partial charge in [-0.25, -0.2) is 4.98 Å². The molecule has 1 aromatic heterocycles. The number of methoxy groups -OCH3 is 1. The number of nitrogens with zero attached hydrogens (tertiary/aromatic N) is 2. The molecule has 0 saturated carbocycles. The fraction of sp³-hybridized carbons (Fsp3) is 0.800. The van der Waals surface area contributed by atoms with Gasteiger partial charge in [0.2, 0.25) is 5.13 Å². The van der Waals surface area contributed by atoms with Crippen molar-refractivity contribution in [3.63, 3.8) is 0 Å². The molecule has 0 atom stereocenters. The van der Waals surface area contributed by atoms with E-state index in [1.54, 1.807) is 7.11 Å². The highest BCUT2D eigenvalue weighted by Gasteiger charge is 2.16. The number of ether oxygens (including phenoxy) is 1. The quantitative estimate of drug-likeness (QED) is 0.813. The lowest BCUT2D eigenvalue weighted by molar-refractivity contribution is 0.201. The predicted molar refractivity (Wildman–Crippen MR) is 63.5 cm³/mol. The Morgan fingerprint density at radius 2 is 2.20 bits per heavy atom. The van der Waals surface area contributed by atoms with Crippen molar-refractivity contribution in [1.29, 1.82) is 0 Å². The summed E-state index contributed by atoms with van der Waals surface area (Å²) < 4.78 is 9.24. The maximum atomic E-state index is 4.98. The Hall–Kier alpha value is -0.680. The Morgan fingerprint density at radius 1 is 1.47 bits per heavy atom. The predicted octanol–water partition coefficient (Wildman–Crippen LogP) is 2.33. The van der Waals surface area contributed by atoms with Crippen molar-refractivity contribution in [2.75, 3.05) is 19.0 Å². The second-order valence-corrected chi connectivity index (χ2v) is 4.87. The van der Waals surface area contributed by atoms with Gasteiger partial charge in [0.25, 0.3) is 0 Å². The van der Waals surface area contributed by atoms with E-state index in [0.717, 1.165) is 23.8 Å². The van der Waals surface area contributed by atoms with E-state index in [1.807, 2.05) is 0 Å². The summed E-state index contributed by atoms with van der Waals surface area (Å²) in [5.41, 5.74) is 0.0814. The summed E-state index contributed by atoms with van der Waals surface area (Å²) in [6.45, 7) is 7.14. The van der Waals surface area contributed by atoms with Crippen LogP contribution in [-0.2, 0) is 11.2 Å². The highest BCUT2D eigenvalue weighted by atomic mass is 32.1. The minimum Gasteiger partial charge on any atom is -0.384 e. The standard InChI is InChI=1S/C10H19N3OS/c1-5-10(2,3)12-9-11-8(13-15-9)6-7-14-4/h5-7H2,1-4H3,(H,11,12,13). The average molecular weight is 229 g/mol. The zero-order chi connectivity index (χ0) is 11.3. The van der Waals surface area contributed by atoms with Gasteiger partial charge in [-0.05, 0) is 20.3 Å². The summed E-state index contributed by atoms with van der Waals surface area (Å²) in [4.78, 5) is 4.40. The van der Waals surface area contributed by atoms with Crippen LogP contribution in [0.2, 0.25) is 0 Å². The largest absolute Gasteiger partial charge is 0.384 e. The Kier molecular flexibility index (Phi) is 4.47. The normalized spacial score (nSPS) is 11.7. The molecule has 86 valence electrons. The highest BCUT2D eigenvalue weighted by molar-refractivity contribution is 7.09. The fourth-order valence-corrected chi connectivity index (χ4v) is 1.77. The van der Waals surface area contributed by atoms with E-state index in [0.29, 0.717) is 6.61 Å². The molecule has 1 aromatic rings. The third kappa shape index (κ3) is 4.13. The lowest BCUT2D eigenvalue weighted by Crippen LogP contribution is -2.29. The van der Waals surface area contributed by atoms with Crippen molar-refractivity contribution in [3.8, 4) is 0 Å². The van der Waals surface area contributed by atoms with E-state index in [1.165, 1.54) is 11.5 Å². The molecule has 0 aliphatic carbocycles. The van der Waals surface area contributed by atoms with E-state index in [9.17, 15) is 0 Å². The van der Waals surface area contributed by atoms with Crippen molar-refractivity contribution in [2.45, 2.75) is 39.2 Å². The van der Waals surface area contributed by atoms with Crippen LogP contribution < -0.4 is 5.32 Å². The summed E-state index contributed by atoms with van der Waals surface area (Å²) in [7, 11) is 1.69. The summed E-state index contributed by atoms with van der Waals surface area (Å²) in [5, 5.41) is 4.27. The molecule has 0 bridgehead atoms. The first-order valence-electron chi connectivity index (χ1n) is 5.17. The van der Waals surface area contributed by atoms with Crippen molar-refractivity contribution in [3.05, 3.63) is 5.82 Å². The van der Waals surface area contributed by atoms with Crippen LogP contribution in [0.3, 0.4) is 0 Å². The number of hydrogen-bond acceptors (Lipinski definition) is 5. The van der Waals surface area contributed by atoms with Gasteiger partial charge in [0.05, 0.1) is 6.61 Å². The molecule has 0 unspecified atom stereocenters. The molecule has 5 heteroatoms. The van der Waals surface area contributed by atoms with E-state index < -0.39 is 0 Å². The molecule has 0 aliphatic heterocycles. The minimum absolute atomic E-state index is 0.0814. The molecule has 15 heavy (non-hydrogen) atoms. The van der Waals surface area contributed by atoms with Gasteiger partial charge in [0.1, 0.15) is 5.82 Å². The fourth-order valence-electron chi connectivity index (χ4n) is 0.977. The van der Waals surface area contributed by atoms with Gasteiger partial charge in [-0.3, -0.25) is 0 Å². The first-order chi connectivity index (χ1) is 7.07. The number of aromatic nitrogens is 2. The number of hydrogen-bond donors (Lipinski definition) is 1. The Bertz CT molecular complexity index is 299. The van der Waals surface area contributed by atoms with Gasteiger partial charge in [-0.15, -0.1) is 0 Å². The molecule has 0 radical (unpaired) electrons. The average Bonchev–Trinajstić information content (AvgIpc) is 2.62. The first-order valence-corrected chi connectivity index (χ1v) is 5.94. The topological polar surface area (TPSA) is 47.0 Å². The van der Waals surface area contributed by atoms with Gasteiger partial charge in [-0.2, -0.15) is 4.37 Å². The van der Waals surface area contributed by atoms with Crippen LogP contribution in [0.4, 0.5) is 5.13 Å². The molecule has 0 saturated heterocycles. The van der Waals surface area contributed by atoms with E-state index >= 15 is 0 Å². The summed E-state index contributed by atoms with van der Waals surface area (Å²) in [6, 6.07) is 0. The highest BCUT2D eigenvalue weighted by Crippen LogP contribution is 2.19. The van der Waals surface area contributed by atoms with Crippen LogP contribution in [0.15, 0.2) is 0 Å². The number of anilines is 1. The van der Waals surface area contributed by atoms with Crippen molar-refractivity contribution in [2.24, 2.45) is 0 Å². The molecular weight excluding hydrogens is 210 g/mol. The molecule has 0 fully saturated rings. The molecule has 0 aliphatic rings. The van der Waals surface area contributed by atoms with Crippen LogP contribution in [0, 0.1) is 0 Å². The van der Waals surface area contributed by atoms with Gasteiger partial charge < -0.3 is 10.1 Å². The van der Waals surface area contributed by atoms with E-state index in [2.05, 4.69) is 35.4 Å². The van der Waals surface area contributed by atoms with Crippen LogP contribution in [0.25, 0.3) is 0 Å². The van der Waals surface area contributed by atoms with Crippen molar-refractivity contribution < 1.29 is 4.74 Å². The van der Waals surface area contributed by atoms with Gasteiger partial charge >= 0.3 is 0 Å². The Balaban J connectivity index is 2.52. The van der Waals surface area contributed by atoms with Gasteiger partial charge in [0.15, 0.2) is 0 Å². The van der Waals surface area contributed by atoms with Crippen LogP contribution in [0.1, 0.15) is 33.0 Å². The summed E-state index contributed by atoms with van der Waals surface area (Å²) in [6.07, 6.45) is 1.83. The minimum atomic E-state index is 0.0814. The molecule has 0 spiro atoms. The lowest BCUT2D eigenvalue weighted by atomic mass is 10.0. The SMILES string of the molecule is CCC(C)(C)Nc1nc(CCOC)ns1. The molecular formula is C10H19N3OS. The summed E-state index contributed by atoms with van der Waals surface area (Å²) >= 11 is 1.41. The first kappa shape index (κ1) is 12.4. The molecule has 1 heterocycles. The molecule has 1 N–H and O–H groups in total. The Labute approximate surface area is 95.2 Å². The number of nitrogens with one attached hydrogen (secondary N) is 1. The second kappa shape index (κ2) is 5.42.